The van der Waals surface area contributed by atoms with E-state index >= 15 is 0 Å². The summed E-state index contributed by atoms with van der Waals surface area (Å²) in [6.45, 7) is 0. The number of carbonyl (C=O) groups excluding carboxylic acids is 1. The van der Waals surface area contributed by atoms with Crippen molar-refractivity contribution < 1.29 is 13.9 Å². The smallest absolute Gasteiger partial charge is 0.262 e. The van der Waals surface area contributed by atoms with Crippen molar-refractivity contribution in [2.75, 3.05) is 12.0 Å². The molecule has 0 fully saturated rings. The van der Waals surface area contributed by atoms with E-state index in [4.69, 9.17) is 4.74 Å². The molecule has 0 bridgehead atoms. The SMILES string of the molecule is COc1ccc(/C=C2\C=C(c3ccccc3)N(c3ccc(F)cc3)C2=O)cc1Br. The molecule has 3 aromatic carbocycles. The molecule has 3 aromatic rings. The molecule has 0 atom stereocenters. The van der Waals surface area contributed by atoms with E-state index in [0.717, 1.165) is 27.0 Å². The molecule has 144 valence electrons. The van der Waals surface area contributed by atoms with E-state index in [-0.39, 0.29) is 11.7 Å². The van der Waals surface area contributed by atoms with Crippen LogP contribution in [0.2, 0.25) is 0 Å². The van der Waals surface area contributed by atoms with Gasteiger partial charge in [-0.15, -0.1) is 0 Å². The van der Waals surface area contributed by atoms with Crippen LogP contribution >= 0.6 is 15.9 Å². The fourth-order valence-electron chi connectivity index (χ4n) is 3.24. The number of amides is 1. The molecule has 3 nitrogen and oxygen atoms in total. The minimum Gasteiger partial charge on any atom is -0.496 e. The summed E-state index contributed by atoms with van der Waals surface area (Å²) in [6.07, 6.45) is 3.69. The molecule has 0 aromatic heterocycles. The molecule has 0 saturated carbocycles. The van der Waals surface area contributed by atoms with Gasteiger partial charge in [-0.25, -0.2) is 4.39 Å². The van der Waals surface area contributed by atoms with Gasteiger partial charge in [0, 0.05) is 11.3 Å². The van der Waals surface area contributed by atoms with Crippen LogP contribution in [0.4, 0.5) is 10.1 Å². The van der Waals surface area contributed by atoms with Crippen LogP contribution in [0, 0.1) is 5.82 Å². The second kappa shape index (κ2) is 8.05. The van der Waals surface area contributed by atoms with E-state index in [1.165, 1.54) is 12.1 Å². The van der Waals surface area contributed by atoms with Gasteiger partial charge < -0.3 is 4.74 Å². The van der Waals surface area contributed by atoms with Gasteiger partial charge in [-0.05, 0) is 75.6 Å². The Kier molecular flexibility index (Phi) is 5.32. The van der Waals surface area contributed by atoms with E-state index < -0.39 is 0 Å². The molecule has 0 radical (unpaired) electrons. The summed E-state index contributed by atoms with van der Waals surface area (Å²) in [5.41, 5.74) is 3.69. The van der Waals surface area contributed by atoms with Gasteiger partial charge in [-0.1, -0.05) is 36.4 Å². The molecule has 29 heavy (non-hydrogen) atoms. The van der Waals surface area contributed by atoms with Crippen molar-refractivity contribution in [1.82, 2.24) is 0 Å². The van der Waals surface area contributed by atoms with Crippen LogP contribution in [0.15, 0.2) is 88.9 Å². The number of ether oxygens (including phenoxy) is 1. The quantitative estimate of drug-likeness (QED) is 0.452. The Morgan fingerprint density at radius 2 is 1.72 bits per heavy atom. The minimum absolute atomic E-state index is 0.164. The molecule has 0 unspecified atom stereocenters. The van der Waals surface area contributed by atoms with E-state index in [0.29, 0.717) is 11.3 Å². The van der Waals surface area contributed by atoms with Crippen LogP contribution in [-0.4, -0.2) is 13.0 Å². The molecule has 0 saturated heterocycles. The lowest BCUT2D eigenvalue weighted by Gasteiger charge is -2.20. The lowest BCUT2D eigenvalue weighted by atomic mass is 10.1. The maximum Gasteiger partial charge on any atom is 0.262 e. The van der Waals surface area contributed by atoms with Gasteiger partial charge in [-0.2, -0.15) is 0 Å². The van der Waals surface area contributed by atoms with E-state index in [9.17, 15) is 9.18 Å². The first-order chi connectivity index (χ1) is 14.1. The maximum atomic E-state index is 13.4. The van der Waals surface area contributed by atoms with Crippen LogP contribution in [0.3, 0.4) is 0 Å². The van der Waals surface area contributed by atoms with Crippen LogP contribution in [0.1, 0.15) is 11.1 Å². The van der Waals surface area contributed by atoms with Crippen LogP contribution < -0.4 is 9.64 Å². The number of hydrogen-bond acceptors (Lipinski definition) is 2. The third kappa shape index (κ3) is 3.87. The van der Waals surface area contributed by atoms with Gasteiger partial charge in [-0.3, -0.25) is 9.69 Å². The Bertz CT molecular complexity index is 1120. The zero-order valence-corrected chi connectivity index (χ0v) is 17.2. The summed E-state index contributed by atoms with van der Waals surface area (Å²) in [7, 11) is 1.61. The molecular formula is C24H17BrFNO2. The zero-order valence-electron chi connectivity index (χ0n) is 15.6. The Morgan fingerprint density at radius 1 is 1.00 bits per heavy atom. The summed E-state index contributed by atoms with van der Waals surface area (Å²) in [5.74, 6) is 0.213. The second-order valence-corrected chi connectivity index (χ2v) is 7.36. The molecular weight excluding hydrogens is 433 g/mol. The lowest BCUT2D eigenvalue weighted by Crippen LogP contribution is -2.24. The Morgan fingerprint density at radius 3 is 2.38 bits per heavy atom. The van der Waals surface area contributed by atoms with Crippen molar-refractivity contribution in [3.63, 3.8) is 0 Å². The first-order valence-electron chi connectivity index (χ1n) is 8.99. The number of benzene rings is 3. The van der Waals surface area contributed by atoms with Crippen LogP contribution in [0.5, 0.6) is 5.75 Å². The molecule has 0 aliphatic carbocycles. The highest BCUT2D eigenvalue weighted by atomic mass is 79.9. The van der Waals surface area contributed by atoms with E-state index in [1.54, 1.807) is 24.1 Å². The van der Waals surface area contributed by atoms with Crippen LogP contribution in [0.25, 0.3) is 11.8 Å². The summed E-state index contributed by atoms with van der Waals surface area (Å²) in [6, 6.07) is 21.2. The molecule has 1 heterocycles. The zero-order chi connectivity index (χ0) is 20.4. The summed E-state index contributed by atoms with van der Waals surface area (Å²) in [4.78, 5) is 14.9. The highest BCUT2D eigenvalue weighted by molar-refractivity contribution is 9.10. The molecule has 5 heteroatoms. The molecule has 1 amide bonds. The molecule has 0 spiro atoms. The summed E-state index contributed by atoms with van der Waals surface area (Å²) < 4.78 is 19.5. The first kappa shape index (κ1) is 19.2. The first-order valence-corrected chi connectivity index (χ1v) is 9.78. The normalized spacial score (nSPS) is 15.0. The maximum absolute atomic E-state index is 13.4. The number of halogens is 2. The van der Waals surface area contributed by atoms with E-state index in [2.05, 4.69) is 15.9 Å². The fraction of sp³-hybridized carbons (Fsp3) is 0.0417. The largest absolute Gasteiger partial charge is 0.496 e. The number of hydrogen-bond donors (Lipinski definition) is 0. The van der Waals surface area contributed by atoms with Crippen molar-refractivity contribution in [2.24, 2.45) is 0 Å². The molecule has 1 aliphatic heterocycles. The van der Waals surface area contributed by atoms with Crippen molar-refractivity contribution in [2.45, 2.75) is 0 Å². The minimum atomic E-state index is -0.343. The van der Waals surface area contributed by atoms with Crippen molar-refractivity contribution >= 4 is 39.3 Å². The number of methoxy groups -OCH3 is 1. The van der Waals surface area contributed by atoms with Gasteiger partial charge in [0.1, 0.15) is 11.6 Å². The van der Waals surface area contributed by atoms with Crippen molar-refractivity contribution in [3.8, 4) is 5.75 Å². The Balaban J connectivity index is 1.79. The van der Waals surface area contributed by atoms with Crippen LogP contribution in [-0.2, 0) is 4.79 Å². The average molecular weight is 450 g/mol. The topological polar surface area (TPSA) is 29.5 Å². The fourth-order valence-corrected chi connectivity index (χ4v) is 3.79. The highest BCUT2D eigenvalue weighted by Gasteiger charge is 2.30. The molecule has 0 N–H and O–H groups in total. The predicted molar refractivity (Wildman–Crippen MR) is 117 cm³/mol. The van der Waals surface area contributed by atoms with Crippen molar-refractivity contribution in [3.05, 3.63) is 106 Å². The van der Waals surface area contributed by atoms with E-state index in [1.807, 2.05) is 60.7 Å². The van der Waals surface area contributed by atoms with Crippen molar-refractivity contribution in [1.29, 1.82) is 0 Å². The monoisotopic (exact) mass is 449 g/mol. The highest BCUT2D eigenvalue weighted by Crippen LogP contribution is 2.35. The van der Waals surface area contributed by atoms with Gasteiger partial charge in [0.2, 0.25) is 0 Å². The number of carbonyl (C=O) groups is 1. The van der Waals surface area contributed by atoms with Gasteiger partial charge in [0.05, 0.1) is 17.3 Å². The second-order valence-electron chi connectivity index (χ2n) is 6.51. The third-order valence-corrected chi connectivity index (χ3v) is 5.26. The predicted octanol–water partition coefficient (Wildman–Crippen LogP) is 6.07. The Hall–Kier alpha value is -3.18. The molecule has 1 aliphatic rings. The summed E-state index contributed by atoms with van der Waals surface area (Å²) >= 11 is 3.48. The molecule has 4 rings (SSSR count). The lowest BCUT2D eigenvalue weighted by molar-refractivity contribution is -0.113. The standard InChI is InChI=1S/C24H17BrFNO2/c1-29-23-12-7-16(14-21(23)25)13-18-15-22(17-5-3-2-4-6-17)27(24(18)28)20-10-8-19(26)9-11-20/h2-15H,1H3/b18-13+. The average Bonchev–Trinajstić information content (AvgIpc) is 3.06. The number of nitrogens with zero attached hydrogens (tertiary/aromatic N) is 1. The summed E-state index contributed by atoms with van der Waals surface area (Å²) in [5, 5.41) is 0. The number of rotatable bonds is 4. The number of anilines is 1. The van der Waals surface area contributed by atoms with Gasteiger partial charge in [0.15, 0.2) is 0 Å². The van der Waals surface area contributed by atoms with Gasteiger partial charge >= 0.3 is 0 Å². The third-order valence-electron chi connectivity index (χ3n) is 4.64. The van der Waals surface area contributed by atoms with Gasteiger partial charge in [0.25, 0.3) is 5.91 Å². The Labute approximate surface area is 176 Å².